The van der Waals surface area contributed by atoms with Crippen molar-refractivity contribution >= 4 is 28.7 Å². The molecule has 0 radical (unpaired) electrons. The number of anilines is 1. The number of aromatic amines is 1. The smallest absolute Gasteiger partial charge is 0.417 e. The molecule has 4 heterocycles. The highest BCUT2D eigenvalue weighted by Crippen LogP contribution is 2.35. The zero-order valence-electron chi connectivity index (χ0n) is 19.6. The minimum Gasteiger partial charge on any atom is -0.492 e. The number of imide groups is 1. The van der Waals surface area contributed by atoms with E-state index < -0.39 is 30.3 Å². The van der Waals surface area contributed by atoms with Crippen LogP contribution in [0.25, 0.3) is 11.0 Å². The molecule has 38 heavy (non-hydrogen) atoms. The number of hydrogen-bond donors (Lipinski definition) is 1. The first-order chi connectivity index (χ1) is 18.1. The summed E-state index contributed by atoms with van der Waals surface area (Å²) in [6.45, 7) is -3.09. The monoisotopic (exact) mass is 540 g/mol. The molecule has 1 saturated carbocycles. The van der Waals surface area contributed by atoms with Crippen molar-refractivity contribution < 1.29 is 41.0 Å². The van der Waals surface area contributed by atoms with Crippen molar-refractivity contribution in [3.05, 3.63) is 36.3 Å². The summed E-state index contributed by atoms with van der Waals surface area (Å²) in [6.07, 6.45) is 0.858. The molecule has 1 aliphatic carbocycles. The van der Waals surface area contributed by atoms with Gasteiger partial charge in [0.15, 0.2) is 5.65 Å². The van der Waals surface area contributed by atoms with Gasteiger partial charge in [-0.15, -0.1) is 5.10 Å². The Labute approximate surface area is 211 Å². The standard InChI is InChI=1S/C23H21F5N6O4/c24-21(25)38-20-17-6-16(9-30-19(17)31-32-20)37-11-12-1-3-14(4-2-12)34-18(35)10-33(22(34)36)15-5-13(7-29-8-15)23(26,27)28/h5-9,12,14,21H,1-4,10-11H2,(H,30,31,32). The van der Waals surface area contributed by atoms with E-state index in [-0.39, 0.29) is 41.1 Å². The van der Waals surface area contributed by atoms with Gasteiger partial charge in [-0.05, 0) is 43.7 Å². The third kappa shape index (κ3) is 5.17. The SMILES string of the molecule is O=C1CN(c2cncc(C(F)(F)F)c2)C(=O)N1C1CCC(COc2cnc3[nH]nc(OC(F)F)c3c2)CC1. The molecule has 15 heteroatoms. The molecule has 1 saturated heterocycles. The Kier molecular flexibility index (Phi) is 6.75. The number of aromatic nitrogens is 4. The van der Waals surface area contributed by atoms with Crippen LogP contribution in [0.3, 0.4) is 0 Å². The highest BCUT2D eigenvalue weighted by Gasteiger charge is 2.43. The third-order valence-electron chi connectivity index (χ3n) is 6.59. The number of amides is 3. The number of urea groups is 1. The van der Waals surface area contributed by atoms with Crippen LogP contribution in [0.1, 0.15) is 31.2 Å². The summed E-state index contributed by atoms with van der Waals surface area (Å²) in [5.41, 5.74) is -0.828. The molecule has 1 N–H and O–H groups in total. The van der Waals surface area contributed by atoms with Gasteiger partial charge in [0.25, 0.3) is 5.91 Å². The van der Waals surface area contributed by atoms with Crippen LogP contribution in [0.5, 0.6) is 11.6 Å². The second-order valence-electron chi connectivity index (χ2n) is 9.02. The van der Waals surface area contributed by atoms with E-state index in [1.807, 2.05) is 0 Å². The second kappa shape index (κ2) is 10.0. The van der Waals surface area contributed by atoms with Gasteiger partial charge in [-0.2, -0.15) is 22.0 Å². The number of nitrogens with zero attached hydrogens (tertiary/aromatic N) is 5. The summed E-state index contributed by atoms with van der Waals surface area (Å²) in [6, 6.07) is 1.24. The lowest BCUT2D eigenvalue weighted by molar-refractivity contribution is -0.137. The van der Waals surface area contributed by atoms with E-state index in [0.717, 1.165) is 22.1 Å². The van der Waals surface area contributed by atoms with Crippen molar-refractivity contribution in [3.8, 4) is 11.6 Å². The molecule has 0 bridgehead atoms. The van der Waals surface area contributed by atoms with E-state index >= 15 is 0 Å². The highest BCUT2D eigenvalue weighted by atomic mass is 19.4. The molecule has 0 atom stereocenters. The molecule has 3 aromatic rings. The maximum Gasteiger partial charge on any atom is 0.417 e. The number of ether oxygens (including phenoxy) is 2. The molecular weight excluding hydrogens is 519 g/mol. The quantitative estimate of drug-likeness (QED) is 0.350. The third-order valence-corrected chi connectivity index (χ3v) is 6.59. The minimum absolute atomic E-state index is 0.0898. The van der Waals surface area contributed by atoms with Crippen LogP contribution < -0.4 is 14.4 Å². The summed E-state index contributed by atoms with van der Waals surface area (Å²) in [5, 5.41) is 6.41. The van der Waals surface area contributed by atoms with Crippen molar-refractivity contribution in [2.24, 2.45) is 5.92 Å². The van der Waals surface area contributed by atoms with E-state index in [1.54, 1.807) is 0 Å². The molecule has 202 valence electrons. The highest BCUT2D eigenvalue weighted by molar-refractivity contribution is 6.12. The Bertz CT molecular complexity index is 1340. The van der Waals surface area contributed by atoms with E-state index in [4.69, 9.17) is 4.74 Å². The van der Waals surface area contributed by atoms with Gasteiger partial charge in [0.05, 0.1) is 35.6 Å². The number of alkyl halides is 5. The predicted octanol–water partition coefficient (Wildman–Crippen LogP) is 4.38. The number of carbonyl (C=O) groups is 2. The van der Waals surface area contributed by atoms with Gasteiger partial charge in [-0.1, -0.05) is 0 Å². The Balaban J connectivity index is 1.17. The predicted molar refractivity (Wildman–Crippen MR) is 121 cm³/mol. The molecule has 10 nitrogen and oxygen atoms in total. The van der Waals surface area contributed by atoms with Gasteiger partial charge in [0.1, 0.15) is 12.3 Å². The van der Waals surface area contributed by atoms with Crippen LogP contribution in [-0.4, -0.2) is 62.8 Å². The number of halogens is 5. The van der Waals surface area contributed by atoms with Gasteiger partial charge in [0, 0.05) is 12.2 Å². The van der Waals surface area contributed by atoms with Gasteiger partial charge >= 0.3 is 18.8 Å². The summed E-state index contributed by atoms with van der Waals surface area (Å²) in [4.78, 5) is 35.4. The van der Waals surface area contributed by atoms with Crippen LogP contribution >= 0.6 is 0 Å². The largest absolute Gasteiger partial charge is 0.492 e. The van der Waals surface area contributed by atoms with Crippen molar-refractivity contribution in [3.63, 3.8) is 0 Å². The van der Waals surface area contributed by atoms with Crippen LogP contribution in [0.4, 0.5) is 32.4 Å². The van der Waals surface area contributed by atoms with E-state index in [9.17, 15) is 31.5 Å². The first-order valence-corrected chi connectivity index (χ1v) is 11.7. The number of nitrogens with one attached hydrogen (secondary N) is 1. The van der Waals surface area contributed by atoms with Crippen LogP contribution in [-0.2, 0) is 11.0 Å². The topological polar surface area (TPSA) is 114 Å². The molecule has 3 aromatic heterocycles. The fourth-order valence-corrected chi connectivity index (χ4v) is 4.71. The van der Waals surface area contributed by atoms with E-state index in [2.05, 4.69) is 24.9 Å². The van der Waals surface area contributed by atoms with Gasteiger partial charge in [-0.3, -0.25) is 24.7 Å². The maximum absolute atomic E-state index is 13.0. The minimum atomic E-state index is -4.63. The first kappa shape index (κ1) is 25.6. The summed E-state index contributed by atoms with van der Waals surface area (Å²) < 4.78 is 74.4. The maximum atomic E-state index is 13.0. The molecular formula is C23H21F5N6O4. The number of H-pyrrole nitrogens is 1. The van der Waals surface area contributed by atoms with Crippen molar-refractivity contribution in [2.75, 3.05) is 18.1 Å². The lowest BCUT2D eigenvalue weighted by atomic mass is 9.86. The van der Waals surface area contributed by atoms with Gasteiger partial charge in [0.2, 0.25) is 5.88 Å². The number of carbonyl (C=O) groups excluding carboxylic acids is 2. The Morgan fingerprint density at radius 2 is 1.84 bits per heavy atom. The normalized spacial score (nSPS) is 20.6. The van der Waals surface area contributed by atoms with E-state index in [0.29, 0.717) is 44.2 Å². The molecule has 3 amide bonds. The van der Waals surface area contributed by atoms with E-state index in [1.165, 1.54) is 12.3 Å². The van der Waals surface area contributed by atoms with Crippen molar-refractivity contribution in [1.29, 1.82) is 0 Å². The molecule has 0 unspecified atom stereocenters. The molecule has 0 aromatic carbocycles. The summed E-state index contributed by atoms with van der Waals surface area (Å²) >= 11 is 0. The second-order valence-corrected chi connectivity index (χ2v) is 9.02. The Morgan fingerprint density at radius 1 is 1.08 bits per heavy atom. The lowest BCUT2D eigenvalue weighted by Crippen LogP contribution is -2.43. The average Bonchev–Trinajstić information content (AvgIpc) is 3.41. The Morgan fingerprint density at radius 3 is 2.55 bits per heavy atom. The zero-order valence-corrected chi connectivity index (χ0v) is 19.6. The summed E-state index contributed by atoms with van der Waals surface area (Å²) in [5.74, 6) is -0.327. The Hall–Kier alpha value is -4.04. The fraction of sp³-hybridized carbons (Fsp3) is 0.435. The lowest BCUT2D eigenvalue weighted by Gasteiger charge is -2.33. The molecule has 2 aliphatic rings. The zero-order chi connectivity index (χ0) is 27.0. The molecule has 2 fully saturated rings. The van der Waals surface area contributed by atoms with Crippen molar-refractivity contribution in [1.82, 2.24) is 25.1 Å². The molecule has 0 spiro atoms. The van der Waals surface area contributed by atoms with Gasteiger partial charge < -0.3 is 9.47 Å². The number of fused-ring (bicyclic) bond motifs is 1. The average molecular weight is 540 g/mol. The number of rotatable bonds is 7. The van der Waals surface area contributed by atoms with Crippen LogP contribution in [0, 0.1) is 5.92 Å². The number of hydrogen-bond acceptors (Lipinski definition) is 7. The summed E-state index contributed by atoms with van der Waals surface area (Å²) in [7, 11) is 0. The van der Waals surface area contributed by atoms with Crippen molar-refractivity contribution in [2.45, 2.75) is 44.5 Å². The van der Waals surface area contributed by atoms with Crippen LogP contribution in [0.15, 0.2) is 30.7 Å². The number of pyridine rings is 2. The first-order valence-electron chi connectivity index (χ1n) is 11.7. The molecule has 1 aliphatic heterocycles. The van der Waals surface area contributed by atoms with Gasteiger partial charge in [-0.25, -0.2) is 9.78 Å². The fourth-order valence-electron chi connectivity index (χ4n) is 4.71. The molecule has 5 rings (SSSR count). The van der Waals surface area contributed by atoms with Crippen LogP contribution in [0.2, 0.25) is 0 Å².